The molecule has 0 aliphatic heterocycles. The van der Waals surface area contributed by atoms with Gasteiger partial charge in [-0.25, -0.2) is 4.79 Å². The van der Waals surface area contributed by atoms with E-state index < -0.39 is 11.9 Å². The molecule has 8 heteroatoms. The van der Waals surface area contributed by atoms with Crippen LogP contribution in [0.1, 0.15) is 28.4 Å². The van der Waals surface area contributed by atoms with E-state index in [0.717, 1.165) is 19.9 Å². The van der Waals surface area contributed by atoms with E-state index in [-0.39, 0.29) is 11.1 Å². The van der Waals surface area contributed by atoms with Crippen molar-refractivity contribution in [3.05, 3.63) is 105 Å². The van der Waals surface area contributed by atoms with Gasteiger partial charge in [0, 0.05) is 5.69 Å². The van der Waals surface area contributed by atoms with E-state index in [1.54, 1.807) is 6.07 Å². The second-order valence-corrected chi connectivity index (χ2v) is 9.36. The Bertz CT molecular complexity index is 1570. The molecule has 38 heavy (non-hydrogen) atoms. The normalized spacial score (nSPS) is 11.0. The average Bonchev–Trinajstić information content (AvgIpc) is 2.91. The topological polar surface area (TPSA) is 109 Å². The van der Waals surface area contributed by atoms with Gasteiger partial charge in [-0.3, -0.25) is 4.79 Å². The molecular formula is C30H23IN2O5. The van der Waals surface area contributed by atoms with Crippen molar-refractivity contribution in [2.45, 2.75) is 13.5 Å². The third-order valence-electron chi connectivity index (χ3n) is 5.65. The lowest BCUT2D eigenvalue weighted by Crippen LogP contribution is -2.13. The molecule has 0 aromatic heterocycles. The first kappa shape index (κ1) is 26.7. The Morgan fingerprint density at radius 2 is 1.76 bits per heavy atom. The minimum atomic E-state index is -1.07. The number of amides is 1. The van der Waals surface area contributed by atoms with Gasteiger partial charge in [0.05, 0.1) is 15.7 Å². The van der Waals surface area contributed by atoms with Gasteiger partial charge < -0.3 is 19.9 Å². The number of fused-ring (bicyclic) bond motifs is 1. The number of ether oxygens (including phenoxy) is 2. The molecule has 0 bridgehead atoms. The molecule has 0 unspecified atom stereocenters. The summed E-state index contributed by atoms with van der Waals surface area (Å²) in [4.78, 5) is 23.7. The molecule has 4 aromatic rings. The summed E-state index contributed by atoms with van der Waals surface area (Å²) < 4.78 is 12.8. The molecule has 0 aliphatic rings. The number of nitrogens with one attached hydrogen (secondary N) is 1. The number of anilines is 1. The minimum absolute atomic E-state index is 0.0971. The van der Waals surface area contributed by atoms with Gasteiger partial charge in [-0.1, -0.05) is 42.5 Å². The first-order chi connectivity index (χ1) is 18.4. The molecule has 4 rings (SSSR count). The SMILES string of the molecule is CCOc1cc(/C=C(\C#N)C(=O)Nc2ccc(C(=O)O)cc2)cc(I)c1OCc1cccc2ccccc12. The highest BCUT2D eigenvalue weighted by Crippen LogP contribution is 2.36. The summed E-state index contributed by atoms with van der Waals surface area (Å²) in [5.74, 6) is -0.587. The number of hydrogen-bond acceptors (Lipinski definition) is 5. The third kappa shape index (κ3) is 6.30. The van der Waals surface area contributed by atoms with Gasteiger partial charge in [-0.2, -0.15) is 5.26 Å². The molecule has 2 N–H and O–H groups in total. The summed E-state index contributed by atoms with van der Waals surface area (Å²) in [6.07, 6.45) is 1.47. The Morgan fingerprint density at radius 3 is 2.47 bits per heavy atom. The van der Waals surface area contributed by atoms with E-state index >= 15 is 0 Å². The van der Waals surface area contributed by atoms with E-state index in [1.807, 2.05) is 43.3 Å². The van der Waals surface area contributed by atoms with Crippen molar-refractivity contribution in [1.82, 2.24) is 0 Å². The lowest BCUT2D eigenvalue weighted by atomic mass is 10.1. The van der Waals surface area contributed by atoms with Crippen LogP contribution in [0.25, 0.3) is 16.8 Å². The molecule has 0 saturated heterocycles. The fraction of sp³-hybridized carbons (Fsp3) is 0.100. The van der Waals surface area contributed by atoms with Gasteiger partial charge in [-0.05, 0) is 93.9 Å². The van der Waals surface area contributed by atoms with Crippen molar-refractivity contribution < 1.29 is 24.2 Å². The van der Waals surface area contributed by atoms with Crippen LogP contribution in [0, 0.1) is 14.9 Å². The molecule has 4 aromatic carbocycles. The number of aromatic carboxylic acids is 1. The molecule has 0 fully saturated rings. The van der Waals surface area contributed by atoms with Crippen LogP contribution in [-0.2, 0) is 11.4 Å². The number of carbonyl (C=O) groups is 2. The van der Waals surface area contributed by atoms with E-state index in [2.05, 4.69) is 46.1 Å². The Morgan fingerprint density at radius 1 is 1.03 bits per heavy atom. The summed E-state index contributed by atoms with van der Waals surface area (Å²) >= 11 is 2.15. The lowest BCUT2D eigenvalue weighted by molar-refractivity contribution is -0.112. The number of nitriles is 1. The van der Waals surface area contributed by atoms with Crippen LogP contribution in [0.15, 0.2) is 84.4 Å². The van der Waals surface area contributed by atoms with Gasteiger partial charge >= 0.3 is 5.97 Å². The molecular weight excluding hydrogens is 595 g/mol. The van der Waals surface area contributed by atoms with E-state index in [4.69, 9.17) is 14.6 Å². The number of halogens is 1. The van der Waals surface area contributed by atoms with E-state index in [0.29, 0.717) is 36.0 Å². The molecule has 0 atom stereocenters. The predicted molar refractivity (Wildman–Crippen MR) is 154 cm³/mol. The largest absolute Gasteiger partial charge is 0.490 e. The number of benzene rings is 4. The van der Waals surface area contributed by atoms with Crippen LogP contribution >= 0.6 is 22.6 Å². The van der Waals surface area contributed by atoms with Gasteiger partial charge in [0.1, 0.15) is 18.2 Å². The number of nitrogens with zero attached hydrogens (tertiary/aromatic N) is 1. The van der Waals surface area contributed by atoms with E-state index in [9.17, 15) is 14.9 Å². The maximum atomic E-state index is 12.7. The van der Waals surface area contributed by atoms with Crippen molar-refractivity contribution in [3.63, 3.8) is 0 Å². The van der Waals surface area contributed by atoms with Crippen LogP contribution < -0.4 is 14.8 Å². The average molecular weight is 618 g/mol. The highest BCUT2D eigenvalue weighted by Gasteiger charge is 2.15. The maximum absolute atomic E-state index is 12.7. The van der Waals surface area contributed by atoms with Gasteiger partial charge in [0.15, 0.2) is 11.5 Å². The van der Waals surface area contributed by atoms with Crippen LogP contribution in [0.2, 0.25) is 0 Å². The highest BCUT2D eigenvalue weighted by atomic mass is 127. The van der Waals surface area contributed by atoms with Crippen molar-refractivity contribution in [2.75, 3.05) is 11.9 Å². The Kier molecular flexibility index (Phi) is 8.61. The number of rotatable bonds is 9. The Balaban J connectivity index is 1.57. The van der Waals surface area contributed by atoms with E-state index in [1.165, 1.54) is 30.3 Å². The fourth-order valence-corrected chi connectivity index (χ4v) is 4.63. The standard InChI is InChI=1S/C30H23IN2O5/c1-2-37-27-16-19(14-23(17-32)29(34)33-24-12-10-21(11-13-24)30(35)36)15-26(31)28(27)38-18-22-8-5-7-20-6-3-4-9-25(20)22/h3-16H,2,18H2,1H3,(H,33,34)(H,35,36)/b23-14+. The molecule has 0 radical (unpaired) electrons. The molecule has 7 nitrogen and oxygen atoms in total. The second kappa shape index (κ2) is 12.3. The van der Waals surface area contributed by atoms with Crippen molar-refractivity contribution in [1.29, 1.82) is 5.26 Å². The van der Waals surface area contributed by atoms with Crippen molar-refractivity contribution in [3.8, 4) is 17.6 Å². The number of carboxylic acid groups (broad SMARTS) is 1. The molecule has 0 heterocycles. The zero-order valence-electron chi connectivity index (χ0n) is 20.4. The summed E-state index contributed by atoms with van der Waals surface area (Å²) in [6, 6.07) is 25.4. The summed E-state index contributed by atoms with van der Waals surface area (Å²) in [5, 5.41) is 23.5. The predicted octanol–water partition coefficient (Wildman–Crippen LogP) is 6.67. The molecule has 1 amide bonds. The quantitative estimate of drug-likeness (QED) is 0.123. The van der Waals surface area contributed by atoms with Gasteiger partial charge in [-0.15, -0.1) is 0 Å². The zero-order chi connectivity index (χ0) is 27.1. The van der Waals surface area contributed by atoms with Gasteiger partial charge in [0.25, 0.3) is 5.91 Å². The highest BCUT2D eigenvalue weighted by molar-refractivity contribution is 14.1. The molecule has 0 saturated carbocycles. The Labute approximate surface area is 233 Å². The first-order valence-corrected chi connectivity index (χ1v) is 12.8. The molecule has 0 spiro atoms. The zero-order valence-corrected chi connectivity index (χ0v) is 22.6. The van der Waals surface area contributed by atoms with Gasteiger partial charge in [0.2, 0.25) is 0 Å². The number of hydrogen-bond donors (Lipinski definition) is 2. The fourth-order valence-electron chi connectivity index (χ4n) is 3.85. The summed E-state index contributed by atoms with van der Waals surface area (Å²) in [7, 11) is 0. The first-order valence-electron chi connectivity index (χ1n) is 11.7. The molecule has 190 valence electrons. The smallest absolute Gasteiger partial charge is 0.335 e. The monoisotopic (exact) mass is 618 g/mol. The summed E-state index contributed by atoms with van der Waals surface area (Å²) in [6.45, 7) is 2.62. The van der Waals surface area contributed by atoms with Crippen LogP contribution in [0.4, 0.5) is 5.69 Å². The Hall–Kier alpha value is -4.36. The summed E-state index contributed by atoms with van der Waals surface area (Å²) in [5.41, 5.74) is 2.01. The van der Waals surface area contributed by atoms with Crippen molar-refractivity contribution in [2.24, 2.45) is 0 Å². The minimum Gasteiger partial charge on any atom is -0.490 e. The lowest BCUT2D eigenvalue weighted by Gasteiger charge is -2.16. The van der Waals surface area contributed by atoms with Crippen LogP contribution in [0.3, 0.4) is 0 Å². The third-order valence-corrected chi connectivity index (χ3v) is 6.45. The second-order valence-electron chi connectivity index (χ2n) is 8.20. The van der Waals surface area contributed by atoms with Crippen LogP contribution in [0.5, 0.6) is 11.5 Å². The maximum Gasteiger partial charge on any atom is 0.335 e. The van der Waals surface area contributed by atoms with Crippen molar-refractivity contribution >= 4 is 57.0 Å². The number of carbonyl (C=O) groups excluding carboxylic acids is 1. The number of carboxylic acids is 1. The van der Waals surface area contributed by atoms with Crippen LogP contribution in [-0.4, -0.2) is 23.6 Å². The molecule has 0 aliphatic carbocycles.